The van der Waals surface area contributed by atoms with Gasteiger partial charge in [0.2, 0.25) is 0 Å². The van der Waals surface area contributed by atoms with Crippen molar-refractivity contribution in [1.29, 1.82) is 5.26 Å². The lowest BCUT2D eigenvalue weighted by Gasteiger charge is -2.25. The molecule has 1 aliphatic rings. The number of rotatable bonds is 5. The number of fused-ring (bicyclic) bond motifs is 3. The van der Waals surface area contributed by atoms with Gasteiger partial charge < -0.3 is 15.6 Å². The second kappa shape index (κ2) is 9.44. The van der Waals surface area contributed by atoms with Gasteiger partial charge in [0.15, 0.2) is 0 Å². The molecule has 0 aliphatic heterocycles. The van der Waals surface area contributed by atoms with Gasteiger partial charge in [0, 0.05) is 39.9 Å². The topological polar surface area (TPSA) is 96.7 Å². The molecular weight excluding hydrogens is 458 g/mol. The second-order valence-corrected chi connectivity index (χ2v) is 9.67. The molecule has 0 atom stereocenters. The van der Waals surface area contributed by atoms with Crippen LogP contribution in [0.4, 0.5) is 5.69 Å². The van der Waals surface area contributed by atoms with Crippen LogP contribution < -0.4 is 11.1 Å². The molecule has 182 valence electrons. The first-order chi connectivity index (χ1) is 18.1. The van der Waals surface area contributed by atoms with Crippen molar-refractivity contribution in [2.24, 2.45) is 5.73 Å². The molecule has 1 amide bonds. The Morgan fingerprint density at radius 1 is 0.973 bits per heavy atom. The minimum atomic E-state index is -0.428. The lowest BCUT2D eigenvalue weighted by molar-refractivity contribution is 0.100. The smallest absolute Gasteiger partial charge is 0.250 e. The van der Waals surface area contributed by atoms with E-state index in [1.807, 2.05) is 36.4 Å². The number of nitriles is 1. The second-order valence-electron chi connectivity index (χ2n) is 9.67. The van der Waals surface area contributed by atoms with Crippen LogP contribution in [0.5, 0.6) is 0 Å². The Bertz CT molecular complexity index is 1670. The number of nitrogens with two attached hydrogens (primary N) is 1. The average molecular weight is 486 g/mol. The van der Waals surface area contributed by atoms with Crippen molar-refractivity contribution in [2.75, 3.05) is 5.32 Å². The van der Waals surface area contributed by atoms with Crippen LogP contribution in [0, 0.1) is 11.3 Å². The number of nitrogens with one attached hydrogen (secondary N) is 1. The standard InChI is InChI=1S/C31H27N5O/c32-18-22-14-13-20(19-34-22)24-10-6-12-29-30(24)26-9-4-5-11-28(26)36(29)23-15-16-25(31(33)37)27(17-23)35-21-7-2-1-3-8-21/h4-6,9-17,19,21,35H,1-3,7-8H2,(H2,33,37). The Hall–Kier alpha value is -4.63. The summed E-state index contributed by atoms with van der Waals surface area (Å²) < 4.78 is 2.24. The van der Waals surface area contributed by atoms with E-state index in [1.165, 1.54) is 19.3 Å². The van der Waals surface area contributed by atoms with E-state index in [0.717, 1.165) is 57.1 Å². The minimum absolute atomic E-state index is 0.343. The maximum Gasteiger partial charge on any atom is 0.250 e. The summed E-state index contributed by atoms with van der Waals surface area (Å²) in [6, 6.07) is 26.6. The fourth-order valence-corrected chi connectivity index (χ4v) is 5.63. The monoisotopic (exact) mass is 485 g/mol. The largest absolute Gasteiger partial charge is 0.382 e. The number of hydrogen-bond acceptors (Lipinski definition) is 4. The molecule has 1 aliphatic carbocycles. The zero-order chi connectivity index (χ0) is 25.4. The summed E-state index contributed by atoms with van der Waals surface area (Å²) in [6.07, 6.45) is 7.61. The summed E-state index contributed by atoms with van der Waals surface area (Å²) in [5.74, 6) is -0.428. The molecule has 5 aromatic rings. The fourth-order valence-electron chi connectivity index (χ4n) is 5.63. The first kappa shape index (κ1) is 22.8. The van der Waals surface area contributed by atoms with Crippen LogP contribution in [0.3, 0.4) is 0 Å². The Balaban J connectivity index is 1.55. The Labute approximate surface area is 215 Å². The molecule has 0 spiro atoms. The third-order valence-electron chi connectivity index (χ3n) is 7.38. The summed E-state index contributed by atoms with van der Waals surface area (Å²) >= 11 is 0. The lowest BCUT2D eigenvalue weighted by Crippen LogP contribution is -2.24. The molecule has 1 fully saturated rings. The van der Waals surface area contributed by atoms with E-state index in [-0.39, 0.29) is 0 Å². The molecule has 0 saturated heterocycles. The molecule has 2 heterocycles. The van der Waals surface area contributed by atoms with Gasteiger partial charge in [-0.2, -0.15) is 5.26 Å². The molecular formula is C31H27N5O. The fraction of sp³-hybridized carbons (Fsp3) is 0.194. The van der Waals surface area contributed by atoms with Gasteiger partial charge in [-0.05, 0) is 60.9 Å². The van der Waals surface area contributed by atoms with Gasteiger partial charge in [-0.1, -0.05) is 49.6 Å². The molecule has 6 heteroatoms. The zero-order valence-corrected chi connectivity index (χ0v) is 20.4. The van der Waals surface area contributed by atoms with Gasteiger partial charge in [-0.3, -0.25) is 4.79 Å². The first-order valence-electron chi connectivity index (χ1n) is 12.7. The molecule has 6 rings (SSSR count). The SMILES string of the molecule is N#Cc1ccc(-c2cccc3c2c2ccccc2n3-c2ccc(C(N)=O)c(NC3CCCCC3)c2)cn1. The molecule has 6 nitrogen and oxygen atoms in total. The van der Waals surface area contributed by atoms with Crippen molar-refractivity contribution in [1.82, 2.24) is 9.55 Å². The van der Waals surface area contributed by atoms with Crippen LogP contribution in [0.25, 0.3) is 38.6 Å². The zero-order valence-electron chi connectivity index (χ0n) is 20.4. The van der Waals surface area contributed by atoms with Crippen molar-refractivity contribution < 1.29 is 4.79 Å². The number of benzene rings is 3. The number of carbonyl (C=O) groups is 1. The molecule has 2 aromatic heterocycles. The Kier molecular flexibility index (Phi) is 5.82. The molecule has 1 saturated carbocycles. The number of para-hydroxylation sites is 1. The van der Waals surface area contributed by atoms with Crippen LogP contribution in [0.15, 0.2) is 79.0 Å². The molecule has 0 bridgehead atoms. The molecule has 0 unspecified atom stereocenters. The third-order valence-corrected chi connectivity index (χ3v) is 7.38. The van der Waals surface area contributed by atoms with E-state index in [4.69, 9.17) is 5.73 Å². The highest BCUT2D eigenvalue weighted by molar-refractivity contribution is 6.15. The molecule has 3 aromatic carbocycles. The number of pyridine rings is 1. The maximum absolute atomic E-state index is 12.3. The minimum Gasteiger partial charge on any atom is -0.382 e. The predicted octanol–water partition coefficient (Wildman–Crippen LogP) is 6.56. The maximum atomic E-state index is 12.3. The number of primary amides is 1. The number of anilines is 1. The summed E-state index contributed by atoms with van der Waals surface area (Å²) in [5, 5.41) is 15.0. The summed E-state index contributed by atoms with van der Waals surface area (Å²) in [4.78, 5) is 16.6. The number of nitrogens with zero attached hydrogens (tertiary/aromatic N) is 3. The van der Waals surface area contributed by atoms with Gasteiger partial charge in [-0.15, -0.1) is 0 Å². The van der Waals surface area contributed by atoms with Crippen LogP contribution in [-0.2, 0) is 0 Å². The predicted molar refractivity (Wildman–Crippen MR) is 148 cm³/mol. The summed E-state index contributed by atoms with van der Waals surface area (Å²) in [5.41, 5.74) is 12.6. The number of amides is 1. The number of carbonyl (C=O) groups excluding carboxylic acids is 1. The van der Waals surface area contributed by atoms with Crippen LogP contribution in [0.1, 0.15) is 48.2 Å². The Morgan fingerprint density at radius 2 is 1.78 bits per heavy atom. The van der Waals surface area contributed by atoms with Crippen LogP contribution in [0.2, 0.25) is 0 Å². The first-order valence-corrected chi connectivity index (χ1v) is 12.7. The highest BCUT2D eigenvalue weighted by atomic mass is 16.1. The van der Waals surface area contributed by atoms with Crippen molar-refractivity contribution in [2.45, 2.75) is 38.1 Å². The van der Waals surface area contributed by atoms with E-state index in [2.05, 4.69) is 51.3 Å². The van der Waals surface area contributed by atoms with E-state index in [9.17, 15) is 10.1 Å². The molecule has 0 radical (unpaired) electrons. The van der Waals surface area contributed by atoms with E-state index in [1.54, 1.807) is 12.3 Å². The quantitative estimate of drug-likeness (QED) is 0.295. The van der Waals surface area contributed by atoms with E-state index < -0.39 is 5.91 Å². The van der Waals surface area contributed by atoms with E-state index in [0.29, 0.717) is 17.3 Å². The van der Waals surface area contributed by atoms with Crippen LogP contribution in [-0.4, -0.2) is 21.5 Å². The lowest BCUT2D eigenvalue weighted by atomic mass is 9.95. The number of hydrogen-bond donors (Lipinski definition) is 2. The summed E-state index contributed by atoms with van der Waals surface area (Å²) in [6.45, 7) is 0. The van der Waals surface area contributed by atoms with Gasteiger partial charge in [0.1, 0.15) is 11.8 Å². The molecule has 37 heavy (non-hydrogen) atoms. The average Bonchev–Trinajstić information content (AvgIpc) is 3.28. The Morgan fingerprint density at radius 3 is 2.54 bits per heavy atom. The van der Waals surface area contributed by atoms with Crippen molar-refractivity contribution >= 4 is 33.4 Å². The number of aromatic nitrogens is 2. The highest BCUT2D eigenvalue weighted by Gasteiger charge is 2.20. The highest BCUT2D eigenvalue weighted by Crippen LogP contribution is 2.39. The normalized spacial score (nSPS) is 14.0. The van der Waals surface area contributed by atoms with Crippen LogP contribution >= 0.6 is 0 Å². The van der Waals surface area contributed by atoms with Gasteiger partial charge >= 0.3 is 0 Å². The van der Waals surface area contributed by atoms with E-state index >= 15 is 0 Å². The summed E-state index contributed by atoms with van der Waals surface area (Å²) in [7, 11) is 0. The van der Waals surface area contributed by atoms with Crippen molar-refractivity contribution in [3.63, 3.8) is 0 Å². The third kappa shape index (κ3) is 4.09. The molecule has 3 N–H and O–H groups in total. The van der Waals surface area contributed by atoms with Crippen molar-refractivity contribution in [3.8, 4) is 22.9 Å². The van der Waals surface area contributed by atoms with Gasteiger partial charge in [0.05, 0.1) is 16.6 Å². The van der Waals surface area contributed by atoms with Gasteiger partial charge in [-0.25, -0.2) is 4.98 Å². The van der Waals surface area contributed by atoms with Gasteiger partial charge in [0.25, 0.3) is 5.91 Å². The van der Waals surface area contributed by atoms with Crippen molar-refractivity contribution in [3.05, 3.63) is 90.3 Å².